The molecule has 0 aliphatic heterocycles. The minimum Gasteiger partial charge on any atom is -0.345 e. The van der Waals surface area contributed by atoms with Crippen LogP contribution in [0.3, 0.4) is 0 Å². The van der Waals surface area contributed by atoms with E-state index < -0.39 is 0 Å². The molecule has 0 bridgehead atoms. The van der Waals surface area contributed by atoms with Crippen molar-refractivity contribution in [3.63, 3.8) is 0 Å². The molecular formula is C21H15BrN2. The largest absolute Gasteiger partial charge is 0.345 e. The Bertz CT molecular complexity index is 1080. The summed E-state index contributed by atoms with van der Waals surface area (Å²) in [6, 6.07) is 19.9. The average Bonchev–Trinajstić information content (AvgIpc) is 3.08. The minimum atomic E-state index is 1.01. The number of nitrogens with zero attached hydrogens (tertiary/aromatic N) is 1. The molecule has 2 nitrogen and oxygen atoms in total. The van der Waals surface area contributed by atoms with Crippen LogP contribution >= 0.6 is 15.9 Å². The zero-order chi connectivity index (χ0) is 16.1. The maximum atomic E-state index is 4.30. The van der Waals surface area contributed by atoms with Crippen LogP contribution in [0.2, 0.25) is 0 Å². The van der Waals surface area contributed by atoms with Crippen LogP contribution in [-0.2, 0) is 12.8 Å². The van der Waals surface area contributed by atoms with Gasteiger partial charge in [0.1, 0.15) is 0 Å². The lowest BCUT2D eigenvalue weighted by Crippen LogP contribution is -2.04. The molecule has 1 aromatic heterocycles. The van der Waals surface area contributed by atoms with Crippen LogP contribution in [0.5, 0.6) is 0 Å². The third kappa shape index (κ3) is 2.20. The van der Waals surface area contributed by atoms with Crippen LogP contribution in [-0.4, -0.2) is 9.97 Å². The number of hydrogen-bond donors (Lipinski definition) is 1. The Labute approximate surface area is 148 Å². The SMILES string of the molecule is Brc1ccc2c(c1)CCc1cc(-c3ccc4nc[nH]c4c3)ccc1-2. The molecule has 24 heavy (non-hydrogen) atoms. The van der Waals surface area contributed by atoms with E-state index in [1.165, 1.54) is 33.4 Å². The van der Waals surface area contributed by atoms with Crippen molar-refractivity contribution in [2.45, 2.75) is 12.8 Å². The number of fused-ring (bicyclic) bond motifs is 4. The summed E-state index contributed by atoms with van der Waals surface area (Å²) in [7, 11) is 0. The maximum absolute atomic E-state index is 4.30. The molecule has 116 valence electrons. The van der Waals surface area contributed by atoms with Crippen molar-refractivity contribution in [1.82, 2.24) is 9.97 Å². The summed E-state index contributed by atoms with van der Waals surface area (Å²) >= 11 is 3.58. The van der Waals surface area contributed by atoms with Crippen molar-refractivity contribution in [2.75, 3.05) is 0 Å². The summed E-state index contributed by atoms with van der Waals surface area (Å²) < 4.78 is 1.16. The molecule has 5 rings (SSSR count). The highest BCUT2D eigenvalue weighted by molar-refractivity contribution is 9.10. The number of aromatic amines is 1. The summed E-state index contributed by atoms with van der Waals surface area (Å²) in [5.41, 5.74) is 10.2. The first-order valence-corrected chi connectivity index (χ1v) is 8.92. The Morgan fingerprint density at radius 3 is 2.38 bits per heavy atom. The zero-order valence-corrected chi connectivity index (χ0v) is 14.6. The van der Waals surface area contributed by atoms with Gasteiger partial charge in [0.25, 0.3) is 0 Å². The lowest BCUT2D eigenvalue weighted by atomic mass is 9.84. The summed E-state index contributed by atoms with van der Waals surface area (Å²) in [5.74, 6) is 0. The minimum absolute atomic E-state index is 1.01. The van der Waals surface area contributed by atoms with Crippen LogP contribution in [0.25, 0.3) is 33.3 Å². The Balaban J connectivity index is 1.62. The highest BCUT2D eigenvalue weighted by atomic mass is 79.9. The van der Waals surface area contributed by atoms with Gasteiger partial charge in [-0.05, 0) is 70.5 Å². The van der Waals surface area contributed by atoms with Crippen molar-refractivity contribution >= 4 is 27.0 Å². The van der Waals surface area contributed by atoms with Gasteiger partial charge in [-0.25, -0.2) is 4.98 Å². The number of rotatable bonds is 1. The number of imidazole rings is 1. The fourth-order valence-corrected chi connectivity index (χ4v) is 4.07. The number of aromatic nitrogens is 2. The van der Waals surface area contributed by atoms with Crippen LogP contribution in [0.15, 0.2) is 65.4 Å². The van der Waals surface area contributed by atoms with Crippen LogP contribution in [0.4, 0.5) is 0 Å². The van der Waals surface area contributed by atoms with Gasteiger partial charge in [-0.1, -0.05) is 46.3 Å². The normalized spacial score (nSPS) is 12.9. The summed E-state index contributed by atoms with van der Waals surface area (Å²) in [5, 5.41) is 0. The molecule has 1 N–H and O–H groups in total. The molecule has 3 heteroatoms. The van der Waals surface area contributed by atoms with Gasteiger partial charge in [0, 0.05) is 4.47 Å². The van der Waals surface area contributed by atoms with Gasteiger partial charge in [0.05, 0.1) is 17.4 Å². The molecule has 0 saturated heterocycles. The molecule has 3 aromatic carbocycles. The number of halogens is 1. The van der Waals surface area contributed by atoms with Gasteiger partial charge in [-0.2, -0.15) is 0 Å². The van der Waals surface area contributed by atoms with E-state index in [1.54, 1.807) is 6.33 Å². The van der Waals surface area contributed by atoms with Gasteiger partial charge >= 0.3 is 0 Å². The quantitative estimate of drug-likeness (QED) is 0.450. The smallest absolute Gasteiger partial charge is 0.0931 e. The zero-order valence-electron chi connectivity index (χ0n) is 13.0. The van der Waals surface area contributed by atoms with Crippen LogP contribution in [0, 0.1) is 0 Å². The molecule has 0 atom stereocenters. The number of nitrogens with one attached hydrogen (secondary N) is 1. The van der Waals surface area contributed by atoms with E-state index in [0.29, 0.717) is 0 Å². The molecule has 0 saturated carbocycles. The lowest BCUT2D eigenvalue weighted by Gasteiger charge is -2.21. The number of H-pyrrole nitrogens is 1. The molecular weight excluding hydrogens is 360 g/mol. The third-order valence-corrected chi connectivity index (χ3v) is 5.37. The van der Waals surface area contributed by atoms with E-state index in [0.717, 1.165) is 28.3 Å². The van der Waals surface area contributed by atoms with E-state index in [4.69, 9.17) is 0 Å². The van der Waals surface area contributed by atoms with Gasteiger partial charge in [0.15, 0.2) is 0 Å². The molecule has 0 fully saturated rings. The van der Waals surface area contributed by atoms with E-state index >= 15 is 0 Å². The highest BCUT2D eigenvalue weighted by Crippen LogP contribution is 2.37. The molecule has 1 aliphatic carbocycles. The molecule has 0 amide bonds. The predicted molar refractivity (Wildman–Crippen MR) is 102 cm³/mol. The standard InChI is InChI=1S/C21H15BrN2/c22-17-5-7-19-16(10-17)2-1-15-9-13(3-6-18(15)19)14-4-8-20-21(11-14)24-12-23-20/h3-12H,1-2H2,(H,23,24). The fourth-order valence-electron chi connectivity index (χ4n) is 3.66. The Kier molecular flexibility index (Phi) is 3.10. The van der Waals surface area contributed by atoms with E-state index in [9.17, 15) is 0 Å². The van der Waals surface area contributed by atoms with Crippen molar-refractivity contribution in [1.29, 1.82) is 0 Å². The van der Waals surface area contributed by atoms with Gasteiger partial charge in [0.2, 0.25) is 0 Å². The van der Waals surface area contributed by atoms with Crippen LogP contribution < -0.4 is 0 Å². The molecule has 0 unspecified atom stereocenters. The molecule has 0 radical (unpaired) electrons. The summed E-state index contributed by atoms with van der Waals surface area (Å²) in [6.45, 7) is 0. The van der Waals surface area contributed by atoms with Crippen molar-refractivity contribution in [2.24, 2.45) is 0 Å². The first-order valence-electron chi connectivity index (χ1n) is 8.13. The van der Waals surface area contributed by atoms with E-state index in [1.807, 2.05) is 0 Å². The number of benzene rings is 3. The average molecular weight is 375 g/mol. The number of aryl methyl sites for hydroxylation is 2. The van der Waals surface area contributed by atoms with E-state index in [-0.39, 0.29) is 0 Å². The predicted octanol–water partition coefficient (Wildman–Crippen LogP) is 5.76. The maximum Gasteiger partial charge on any atom is 0.0931 e. The third-order valence-electron chi connectivity index (χ3n) is 4.88. The van der Waals surface area contributed by atoms with Gasteiger partial charge in [-0.3, -0.25) is 0 Å². The monoisotopic (exact) mass is 374 g/mol. The second kappa shape index (κ2) is 5.32. The van der Waals surface area contributed by atoms with E-state index in [2.05, 4.69) is 80.5 Å². The molecule has 1 heterocycles. The Morgan fingerprint density at radius 1 is 0.792 bits per heavy atom. The topological polar surface area (TPSA) is 28.7 Å². The number of hydrogen-bond acceptors (Lipinski definition) is 1. The van der Waals surface area contributed by atoms with Crippen molar-refractivity contribution in [3.05, 3.63) is 76.5 Å². The van der Waals surface area contributed by atoms with Gasteiger partial charge < -0.3 is 4.98 Å². The van der Waals surface area contributed by atoms with Crippen LogP contribution in [0.1, 0.15) is 11.1 Å². The summed E-state index contributed by atoms with van der Waals surface area (Å²) in [4.78, 5) is 7.49. The van der Waals surface area contributed by atoms with Gasteiger partial charge in [-0.15, -0.1) is 0 Å². The molecule has 1 aliphatic rings. The highest BCUT2D eigenvalue weighted by Gasteiger charge is 2.17. The first kappa shape index (κ1) is 14.0. The van der Waals surface area contributed by atoms with Crippen molar-refractivity contribution < 1.29 is 0 Å². The Morgan fingerprint density at radius 2 is 1.50 bits per heavy atom. The molecule has 4 aromatic rings. The first-order chi connectivity index (χ1) is 11.8. The fraction of sp³-hybridized carbons (Fsp3) is 0.0952. The second-order valence-corrected chi connectivity index (χ2v) is 7.22. The Hall–Kier alpha value is -2.39. The second-order valence-electron chi connectivity index (χ2n) is 6.31. The lowest BCUT2D eigenvalue weighted by molar-refractivity contribution is 0.941. The van der Waals surface area contributed by atoms with Crippen molar-refractivity contribution in [3.8, 4) is 22.3 Å². The molecule has 0 spiro atoms. The summed E-state index contributed by atoms with van der Waals surface area (Å²) in [6.07, 6.45) is 3.94.